The lowest BCUT2D eigenvalue weighted by molar-refractivity contribution is 0.340. The monoisotopic (exact) mass is 326 g/mol. The second-order valence-corrected chi connectivity index (χ2v) is 7.51. The zero-order valence-electron chi connectivity index (χ0n) is 11.7. The van der Waals surface area contributed by atoms with Crippen molar-refractivity contribution in [2.24, 2.45) is 0 Å². The highest BCUT2D eigenvalue weighted by Gasteiger charge is 2.11. The Bertz CT molecular complexity index is 696. The number of nitrogen functional groups attached to an aromatic ring is 1. The Morgan fingerprint density at radius 2 is 2.14 bits per heavy atom. The molecule has 0 spiro atoms. The predicted octanol–water partition coefficient (Wildman–Crippen LogP) is 2.14. The van der Waals surface area contributed by atoms with Crippen molar-refractivity contribution in [3.8, 4) is 5.75 Å². The molecular weight excluding hydrogens is 308 g/mol. The van der Waals surface area contributed by atoms with Gasteiger partial charge in [0.05, 0.1) is 5.75 Å². The molecule has 2 aromatic rings. The van der Waals surface area contributed by atoms with Crippen LogP contribution in [-0.4, -0.2) is 20.8 Å². The van der Waals surface area contributed by atoms with E-state index in [1.807, 2.05) is 18.4 Å². The molecule has 0 aliphatic heterocycles. The van der Waals surface area contributed by atoms with E-state index in [0.717, 1.165) is 10.4 Å². The summed E-state index contributed by atoms with van der Waals surface area (Å²) in [4.78, 5) is 1.02. The van der Waals surface area contributed by atoms with Gasteiger partial charge in [-0.3, -0.25) is 0 Å². The topological polar surface area (TPSA) is 81.4 Å². The van der Waals surface area contributed by atoms with E-state index in [1.54, 1.807) is 35.6 Å². The number of nitrogens with two attached hydrogens (primary N) is 1. The van der Waals surface area contributed by atoms with Gasteiger partial charge < -0.3 is 10.5 Å². The summed E-state index contributed by atoms with van der Waals surface area (Å²) in [6, 6.07) is 8.88. The number of ether oxygens (including phenoxy) is 1. The van der Waals surface area contributed by atoms with Gasteiger partial charge in [0.2, 0.25) is 10.0 Å². The lowest BCUT2D eigenvalue weighted by atomic mass is 10.3. The van der Waals surface area contributed by atoms with Crippen molar-refractivity contribution in [2.75, 3.05) is 18.1 Å². The van der Waals surface area contributed by atoms with Crippen LogP contribution in [0.4, 0.5) is 5.69 Å². The highest BCUT2D eigenvalue weighted by atomic mass is 32.2. The molecule has 0 radical (unpaired) electrons. The molecule has 5 nitrogen and oxygen atoms in total. The number of sulfonamides is 1. The van der Waals surface area contributed by atoms with Gasteiger partial charge in [-0.1, -0.05) is 6.07 Å². The first kappa shape index (κ1) is 15.8. The minimum atomic E-state index is -3.35. The van der Waals surface area contributed by atoms with Crippen molar-refractivity contribution < 1.29 is 13.2 Å². The zero-order chi connectivity index (χ0) is 15.3. The van der Waals surface area contributed by atoms with E-state index in [9.17, 15) is 8.42 Å². The molecule has 0 unspecified atom stereocenters. The van der Waals surface area contributed by atoms with Gasteiger partial charge in [-0.2, -0.15) is 0 Å². The van der Waals surface area contributed by atoms with E-state index in [4.69, 9.17) is 10.5 Å². The number of hydrogen-bond donors (Lipinski definition) is 2. The van der Waals surface area contributed by atoms with E-state index in [-0.39, 0.29) is 12.4 Å². The van der Waals surface area contributed by atoms with Crippen LogP contribution < -0.4 is 15.2 Å². The molecule has 114 valence electrons. The minimum absolute atomic E-state index is 0.0855. The quantitative estimate of drug-likeness (QED) is 0.764. The number of aryl methyl sites for hydroxylation is 1. The van der Waals surface area contributed by atoms with Crippen molar-refractivity contribution >= 4 is 27.0 Å². The van der Waals surface area contributed by atoms with Crippen LogP contribution in [0, 0.1) is 6.92 Å². The standard InChI is InChI=1S/C14H18N2O3S2/c1-11-5-7-20-14(11)10-16-21(17,18)8-6-19-13-4-2-3-12(15)9-13/h2-5,7,9,16H,6,8,10,15H2,1H3. The van der Waals surface area contributed by atoms with Crippen LogP contribution in [0.1, 0.15) is 10.4 Å². The molecule has 2 rings (SSSR count). The average molecular weight is 326 g/mol. The molecule has 1 aromatic carbocycles. The van der Waals surface area contributed by atoms with Crippen LogP contribution in [-0.2, 0) is 16.6 Å². The van der Waals surface area contributed by atoms with Crippen LogP contribution >= 0.6 is 11.3 Å². The summed E-state index contributed by atoms with van der Waals surface area (Å²) in [7, 11) is -3.35. The highest BCUT2D eigenvalue weighted by Crippen LogP contribution is 2.16. The molecular formula is C14H18N2O3S2. The molecule has 1 heterocycles. The number of hydrogen-bond acceptors (Lipinski definition) is 5. The molecule has 0 aliphatic rings. The zero-order valence-corrected chi connectivity index (χ0v) is 13.3. The Kier molecular flexibility index (Phi) is 5.22. The molecule has 0 saturated heterocycles. The van der Waals surface area contributed by atoms with Crippen molar-refractivity contribution in [1.29, 1.82) is 0 Å². The van der Waals surface area contributed by atoms with Crippen molar-refractivity contribution in [3.63, 3.8) is 0 Å². The van der Waals surface area contributed by atoms with Crippen molar-refractivity contribution in [1.82, 2.24) is 4.72 Å². The Hall–Kier alpha value is -1.57. The molecule has 21 heavy (non-hydrogen) atoms. The maximum atomic E-state index is 11.9. The van der Waals surface area contributed by atoms with Crippen LogP contribution in [0.25, 0.3) is 0 Å². The van der Waals surface area contributed by atoms with Crippen LogP contribution in [0.5, 0.6) is 5.75 Å². The summed E-state index contributed by atoms with van der Waals surface area (Å²) in [6.07, 6.45) is 0. The fourth-order valence-corrected chi connectivity index (χ4v) is 3.45. The van der Waals surface area contributed by atoms with Gasteiger partial charge in [0.25, 0.3) is 0 Å². The molecule has 0 aliphatic carbocycles. The Labute approximate surface area is 128 Å². The van der Waals surface area contributed by atoms with Crippen LogP contribution in [0.2, 0.25) is 0 Å². The minimum Gasteiger partial charge on any atom is -0.492 e. The number of rotatable bonds is 7. The van der Waals surface area contributed by atoms with Gasteiger partial charge in [-0.05, 0) is 36.1 Å². The fraction of sp³-hybridized carbons (Fsp3) is 0.286. The number of benzene rings is 1. The first-order chi connectivity index (χ1) is 9.96. The second-order valence-electron chi connectivity index (χ2n) is 4.59. The summed E-state index contributed by atoms with van der Waals surface area (Å²) in [5.41, 5.74) is 7.30. The first-order valence-electron chi connectivity index (χ1n) is 6.45. The molecule has 7 heteroatoms. The normalized spacial score (nSPS) is 11.5. The van der Waals surface area contributed by atoms with Crippen LogP contribution in [0.15, 0.2) is 35.7 Å². The largest absolute Gasteiger partial charge is 0.492 e. The molecule has 1 aromatic heterocycles. The highest BCUT2D eigenvalue weighted by molar-refractivity contribution is 7.89. The second kappa shape index (κ2) is 6.93. The molecule has 0 amide bonds. The Morgan fingerprint density at radius 1 is 1.33 bits per heavy atom. The first-order valence-corrected chi connectivity index (χ1v) is 8.98. The van der Waals surface area contributed by atoms with E-state index in [1.165, 1.54) is 0 Å². The van der Waals surface area contributed by atoms with E-state index < -0.39 is 10.0 Å². The number of thiophene rings is 1. The van der Waals surface area contributed by atoms with Crippen LogP contribution in [0.3, 0.4) is 0 Å². The van der Waals surface area contributed by atoms with E-state index in [2.05, 4.69) is 4.72 Å². The van der Waals surface area contributed by atoms with Crippen molar-refractivity contribution in [2.45, 2.75) is 13.5 Å². The van der Waals surface area contributed by atoms with Gasteiger partial charge in [-0.15, -0.1) is 11.3 Å². The van der Waals surface area contributed by atoms with E-state index in [0.29, 0.717) is 18.0 Å². The summed E-state index contributed by atoms with van der Waals surface area (Å²) in [6.45, 7) is 2.37. The van der Waals surface area contributed by atoms with Gasteiger partial charge in [-0.25, -0.2) is 13.1 Å². The lowest BCUT2D eigenvalue weighted by Crippen LogP contribution is -2.28. The maximum absolute atomic E-state index is 11.9. The average Bonchev–Trinajstić information content (AvgIpc) is 2.82. The van der Waals surface area contributed by atoms with Gasteiger partial charge in [0, 0.05) is 23.2 Å². The summed E-state index contributed by atoms with van der Waals surface area (Å²) < 4.78 is 31.7. The molecule has 3 N–H and O–H groups in total. The summed E-state index contributed by atoms with van der Waals surface area (Å²) >= 11 is 1.54. The molecule has 0 atom stereocenters. The molecule has 0 bridgehead atoms. The van der Waals surface area contributed by atoms with Gasteiger partial charge in [0.15, 0.2) is 0 Å². The third kappa shape index (κ3) is 5.04. The fourth-order valence-electron chi connectivity index (χ4n) is 1.71. The maximum Gasteiger partial charge on any atom is 0.215 e. The third-order valence-electron chi connectivity index (χ3n) is 2.90. The molecule has 0 saturated carbocycles. The molecule has 0 fully saturated rings. The Morgan fingerprint density at radius 3 is 2.81 bits per heavy atom. The van der Waals surface area contributed by atoms with E-state index >= 15 is 0 Å². The lowest BCUT2D eigenvalue weighted by Gasteiger charge is -2.08. The smallest absolute Gasteiger partial charge is 0.215 e. The predicted molar refractivity (Wildman–Crippen MR) is 86.0 cm³/mol. The van der Waals surface area contributed by atoms with Gasteiger partial charge in [0.1, 0.15) is 12.4 Å². The third-order valence-corrected chi connectivity index (χ3v) is 5.21. The SMILES string of the molecule is Cc1ccsc1CNS(=O)(=O)CCOc1cccc(N)c1. The van der Waals surface area contributed by atoms with Crippen molar-refractivity contribution in [3.05, 3.63) is 46.2 Å². The number of anilines is 1. The summed E-state index contributed by atoms with van der Waals surface area (Å²) in [5.74, 6) is 0.478. The summed E-state index contributed by atoms with van der Waals surface area (Å²) in [5, 5.41) is 1.95. The Balaban J connectivity index is 1.80. The number of nitrogens with one attached hydrogen (secondary N) is 1. The van der Waals surface area contributed by atoms with Gasteiger partial charge >= 0.3 is 0 Å².